The van der Waals surface area contributed by atoms with Crippen LogP contribution < -0.4 is 5.32 Å². The standard InChI is InChI=1S/C16H18N2O4/c19-14(17-16(9-15(20)21)6-8-22-11-16)10-18-7-5-12-3-1-2-4-13(12)18/h1-5,7H,6,8-11H2,(H,17,19)(H,20,21). The van der Waals surface area contributed by atoms with Crippen LogP contribution in [-0.2, 0) is 20.9 Å². The van der Waals surface area contributed by atoms with E-state index in [1.807, 2.05) is 41.1 Å². The summed E-state index contributed by atoms with van der Waals surface area (Å²) in [5, 5.41) is 13.0. The predicted octanol–water partition coefficient (Wildman–Crippen LogP) is 1.39. The summed E-state index contributed by atoms with van der Waals surface area (Å²) in [5.41, 5.74) is 0.193. The summed E-state index contributed by atoms with van der Waals surface area (Å²) in [7, 11) is 0. The van der Waals surface area contributed by atoms with Crippen LogP contribution >= 0.6 is 0 Å². The van der Waals surface area contributed by atoms with Gasteiger partial charge in [0.05, 0.1) is 18.6 Å². The van der Waals surface area contributed by atoms with Crippen LogP contribution in [0.4, 0.5) is 0 Å². The number of benzene rings is 1. The van der Waals surface area contributed by atoms with Gasteiger partial charge in [0.1, 0.15) is 6.54 Å². The number of para-hydroxylation sites is 1. The third-order valence-electron chi connectivity index (χ3n) is 3.99. The van der Waals surface area contributed by atoms with E-state index in [1.165, 1.54) is 0 Å². The number of carbonyl (C=O) groups excluding carboxylic acids is 1. The van der Waals surface area contributed by atoms with Crippen LogP contribution in [0.2, 0.25) is 0 Å². The molecule has 0 aliphatic carbocycles. The van der Waals surface area contributed by atoms with Crippen LogP contribution in [0.15, 0.2) is 36.5 Å². The normalized spacial score (nSPS) is 21.1. The Labute approximate surface area is 127 Å². The van der Waals surface area contributed by atoms with Gasteiger partial charge in [-0.25, -0.2) is 0 Å². The Kier molecular flexibility index (Phi) is 3.85. The lowest BCUT2D eigenvalue weighted by atomic mass is 9.94. The fraction of sp³-hybridized carbons (Fsp3) is 0.375. The molecule has 2 heterocycles. The van der Waals surface area contributed by atoms with Gasteiger partial charge in [-0.2, -0.15) is 0 Å². The molecule has 0 spiro atoms. The van der Waals surface area contributed by atoms with E-state index in [1.54, 1.807) is 0 Å². The number of aliphatic carboxylic acids is 1. The Bertz CT molecular complexity index is 701. The van der Waals surface area contributed by atoms with E-state index in [9.17, 15) is 9.59 Å². The summed E-state index contributed by atoms with van der Waals surface area (Å²) in [6, 6.07) is 9.76. The van der Waals surface area contributed by atoms with Gasteiger partial charge in [-0.1, -0.05) is 18.2 Å². The number of fused-ring (bicyclic) bond motifs is 1. The Morgan fingerprint density at radius 3 is 2.86 bits per heavy atom. The summed E-state index contributed by atoms with van der Waals surface area (Å²) in [4.78, 5) is 23.3. The van der Waals surface area contributed by atoms with Crippen molar-refractivity contribution in [2.45, 2.75) is 24.9 Å². The molecule has 1 aromatic carbocycles. The van der Waals surface area contributed by atoms with Crippen molar-refractivity contribution in [2.24, 2.45) is 0 Å². The Hall–Kier alpha value is -2.34. The molecule has 2 N–H and O–H groups in total. The number of nitrogens with zero attached hydrogens (tertiary/aromatic N) is 1. The molecule has 6 nitrogen and oxygen atoms in total. The maximum Gasteiger partial charge on any atom is 0.305 e. The fourth-order valence-corrected chi connectivity index (χ4v) is 2.95. The first-order valence-electron chi connectivity index (χ1n) is 7.22. The molecule has 1 unspecified atom stereocenters. The molecule has 0 saturated carbocycles. The zero-order valence-corrected chi connectivity index (χ0v) is 12.1. The molecule has 1 aliphatic rings. The molecule has 1 aromatic heterocycles. The topological polar surface area (TPSA) is 80.6 Å². The summed E-state index contributed by atoms with van der Waals surface area (Å²) in [6.07, 6.45) is 2.27. The smallest absolute Gasteiger partial charge is 0.305 e. The van der Waals surface area contributed by atoms with Crippen molar-refractivity contribution < 1.29 is 19.4 Å². The molecule has 1 aliphatic heterocycles. The Morgan fingerprint density at radius 1 is 1.32 bits per heavy atom. The summed E-state index contributed by atoms with van der Waals surface area (Å²) in [6.45, 7) is 0.881. The lowest BCUT2D eigenvalue weighted by molar-refractivity contribution is -0.139. The Morgan fingerprint density at radius 2 is 2.14 bits per heavy atom. The molecule has 1 saturated heterocycles. The lowest BCUT2D eigenvalue weighted by Gasteiger charge is -2.27. The van der Waals surface area contributed by atoms with Gasteiger partial charge in [0.25, 0.3) is 0 Å². The number of amides is 1. The first-order chi connectivity index (χ1) is 10.6. The van der Waals surface area contributed by atoms with Crippen molar-refractivity contribution in [3.8, 4) is 0 Å². The van der Waals surface area contributed by atoms with E-state index in [-0.39, 0.29) is 25.5 Å². The average molecular weight is 302 g/mol. The van der Waals surface area contributed by atoms with Gasteiger partial charge < -0.3 is 19.7 Å². The van der Waals surface area contributed by atoms with Gasteiger partial charge in [-0.15, -0.1) is 0 Å². The maximum absolute atomic E-state index is 12.3. The number of rotatable bonds is 5. The highest BCUT2D eigenvalue weighted by Gasteiger charge is 2.38. The van der Waals surface area contributed by atoms with E-state index in [2.05, 4.69) is 5.32 Å². The molecular weight excluding hydrogens is 284 g/mol. The number of carboxylic acid groups (broad SMARTS) is 1. The van der Waals surface area contributed by atoms with Gasteiger partial charge in [0.2, 0.25) is 5.91 Å². The van der Waals surface area contributed by atoms with Crippen molar-refractivity contribution in [3.63, 3.8) is 0 Å². The minimum absolute atomic E-state index is 0.120. The quantitative estimate of drug-likeness (QED) is 0.874. The second-order valence-electron chi connectivity index (χ2n) is 5.70. The number of hydrogen-bond donors (Lipinski definition) is 2. The Balaban J connectivity index is 1.72. The van der Waals surface area contributed by atoms with Crippen LogP contribution in [0.3, 0.4) is 0 Å². The van der Waals surface area contributed by atoms with Crippen LogP contribution in [0.5, 0.6) is 0 Å². The van der Waals surface area contributed by atoms with Crippen molar-refractivity contribution in [2.75, 3.05) is 13.2 Å². The molecule has 6 heteroatoms. The number of ether oxygens (including phenoxy) is 1. The number of carboxylic acids is 1. The monoisotopic (exact) mass is 302 g/mol. The minimum Gasteiger partial charge on any atom is -0.481 e. The van der Waals surface area contributed by atoms with Crippen molar-refractivity contribution in [1.29, 1.82) is 0 Å². The third-order valence-corrected chi connectivity index (χ3v) is 3.99. The molecule has 0 radical (unpaired) electrons. The molecule has 3 rings (SSSR count). The zero-order valence-electron chi connectivity index (χ0n) is 12.1. The number of carbonyl (C=O) groups is 2. The molecule has 2 aromatic rings. The first-order valence-corrected chi connectivity index (χ1v) is 7.22. The van der Waals surface area contributed by atoms with E-state index >= 15 is 0 Å². The molecule has 116 valence electrons. The number of aromatic nitrogens is 1. The van der Waals surface area contributed by atoms with Crippen LogP contribution in [0.1, 0.15) is 12.8 Å². The zero-order chi connectivity index (χ0) is 15.6. The molecular formula is C16H18N2O4. The molecule has 1 amide bonds. The molecule has 1 atom stereocenters. The summed E-state index contributed by atoms with van der Waals surface area (Å²) < 4.78 is 7.14. The molecule has 22 heavy (non-hydrogen) atoms. The van der Waals surface area contributed by atoms with E-state index in [4.69, 9.17) is 9.84 Å². The largest absolute Gasteiger partial charge is 0.481 e. The minimum atomic E-state index is -0.933. The van der Waals surface area contributed by atoms with Crippen LogP contribution in [-0.4, -0.2) is 40.3 Å². The SMILES string of the molecule is O=C(O)CC1(NC(=O)Cn2ccc3ccccc32)CCOC1. The maximum atomic E-state index is 12.3. The van der Waals surface area contributed by atoms with Gasteiger partial charge in [-0.3, -0.25) is 9.59 Å². The predicted molar refractivity (Wildman–Crippen MR) is 80.5 cm³/mol. The van der Waals surface area contributed by atoms with Crippen molar-refractivity contribution in [1.82, 2.24) is 9.88 Å². The third kappa shape index (κ3) is 2.96. The number of nitrogens with one attached hydrogen (secondary N) is 1. The second kappa shape index (κ2) is 5.81. The average Bonchev–Trinajstić information content (AvgIpc) is 3.06. The molecule has 1 fully saturated rings. The first kappa shape index (κ1) is 14.6. The van der Waals surface area contributed by atoms with Gasteiger partial charge >= 0.3 is 5.97 Å². The van der Waals surface area contributed by atoms with E-state index in [0.717, 1.165) is 10.9 Å². The van der Waals surface area contributed by atoms with Crippen molar-refractivity contribution in [3.05, 3.63) is 36.5 Å². The van der Waals surface area contributed by atoms with Crippen molar-refractivity contribution >= 4 is 22.8 Å². The fourth-order valence-electron chi connectivity index (χ4n) is 2.95. The number of hydrogen-bond acceptors (Lipinski definition) is 3. The van der Waals surface area contributed by atoms with E-state index in [0.29, 0.717) is 13.0 Å². The highest BCUT2D eigenvalue weighted by atomic mass is 16.5. The van der Waals surface area contributed by atoms with Crippen LogP contribution in [0, 0.1) is 0 Å². The molecule has 0 bridgehead atoms. The highest BCUT2D eigenvalue weighted by molar-refractivity contribution is 5.84. The van der Waals surface area contributed by atoms with Gasteiger partial charge in [0, 0.05) is 18.3 Å². The van der Waals surface area contributed by atoms with Gasteiger partial charge in [0.15, 0.2) is 0 Å². The van der Waals surface area contributed by atoms with Crippen LogP contribution in [0.25, 0.3) is 10.9 Å². The van der Waals surface area contributed by atoms with Gasteiger partial charge in [-0.05, 0) is 23.9 Å². The lowest BCUT2D eigenvalue weighted by Crippen LogP contribution is -2.51. The summed E-state index contributed by atoms with van der Waals surface area (Å²) in [5.74, 6) is -1.13. The van der Waals surface area contributed by atoms with E-state index < -0.39 is 11.5 Å². The summed E-state index contributed by atoms with van der Waals surface area (Å²) >= 11 is 0. The highest BCUT2D eigenvalue weighted by Crippen LogP contribution is 2.23. The second-order valence-corrected chi connectivity index (χ2v) is 5.70.